The van der Waals surface area contributed by atoms with E-state index in [1.54, 1.807) is 44.6 Å². The Hall–Kier alpha value is -4.31. The zero-order chi connectivity index (χ0) is 20.4. The smallest absolute Gasteiger partial charge is 0.253 e. The van der Waals surface area contributed by atoms with Gasteiger partial charge in [-0.15, -0.1) is 0 Å². The summed E-state index contributed by atoms with van der Waals surface area (Å²) >= 11 is 0. The Morgan fingerprint density at radius 3 is 2.71 bits per heavy atom. The number of hydrogen-bond acceptors (Lipinski definition) is 9. The second-order valence-electron chi connectivity index (χ2n) is 6.23. The van der Waals surface area contributed by atoms with Crippen LogP contribution in [-0.4, -0.2) is 35.8 Å². The van der Waals surface area contributed by atoms with Gasteiger partial charge in [0.15, 0.2) is 6.19 Å². The second-order valence-corrected chi connectivity index (χ2v) is 6.23. The number of guanidine groups is 1. The number of aliphatic imine (C=N–C) groups is 1. The number of aromatic nitrogens is 1. The minimum absolute atomic E-state index is 0.0280. The van der Waals surface area contributed by atoms with Gasteiger partial charge in [-0.3, -0.25) is 10.1 Å². The fourth-order valence-corrected chi connectivity index (χ4v) is 2.92. The van der Waals surface area contributed by atoms with Gasteiger partial charge in [-0.25, -0.2) is 9.98 Å². The number of nitrogens with one attached hydrogen (secondary N) is 2. The Balaban J connectivity index is 2.21. The summed E-state index contributed by atoms with van der Waals surface area (Å²) in [4.78, 5) is 22.5. The first-order chi connectivity index (χ1) is 13.4. The summed E-state index contributed by atoms with van der Waals surface area (Å²) in [6, 6.07) is 8.15. The van der Waals surface area contributed by atoms with Crippen molar-refractivity contribution in [2.75, 3.05) is 30.9 Å². The van der Waals surface area contributed by atoms with Crippen molar-refractivity contribution in [3.63, 3.8) is 0 Å². The van der Waals surface area contributed by atoms with Gasteiger partial charge in [-0.1, -0.05) is 12.1 Å². The molecule has 2 aromatic rings. The first kappa shape index (κ1) is 18.5. The number of carbonyl (C=O) groups is 1. The van der Waals surface area contributed by atoms with Gasteiger partial charge >= 0.3 is 0 Å². The molecular weight excluding hydrogens is 358 g/mol. The summed E-state index contributed by atoms with van der Waals surface area (Å²) in [6.45, 7) is 0. The molecule has 0 saturated heterocycles. The van der Waals surface area contributed by atoms with E-state index in [2.05, 4.69) is 20.6 Å². The molecule has 1 aromatic carbocycles. The molecule has 0 radical (unpaired) electrons. The fraction of sp³-hybridized carbons (Fsp3) is 0.167. The molecule has 6 N–H and O–H groups in total. The van der Waals surface area contributed by atoms with Crippen molar-refractivity contribution in [3.8, 4) is 12.3 Å². The Labute approximate surface area is 161 Å². The third-order valence-corrected chi connectivity index (χ3v) is 4.21. The molecule has 0 fully saturated rings. The van der Waals surface area contributed by atoms with Crippen LogP contribution >= 0.6 is 0 Å². The van der Waals surface area contributed by atoms with Gasteiger partial charge in [0.2, 0.25) is 5.96 Å². The van der Waals surface area contributed by atoms with Crippen LogP contribution in [0.4, 0.5) is 17.3 Å². The summed E-state index contributed by atoms with van der Waals surface area (Å²) in [5, 5.41) is 23.6. The van der Waals surface area contributed by atoms with Gasteiger partial charge in [-0.05, 0) is 17.7 Å². The molecule has 0 saturated carbocycles. The van der Waals surface area contributed by atoms with E-state index in [1.807, 2.05) is 6.07 Å². The molecule has 1 atom stereocenters. The third-order valence-electron chi connectivity index (χ3n) is 4.21. The number of fused-ring (bicyclic) bond motifs is 1. The predicted octanol–water partition coefficient (Wildman–Crippen LogP) is 0.761. The molecule has 140 valence electrons. The van der Waals surface area contributed by atoms with E-state index in [0.717, 1.165) is 0 Å². The quantitative estimate of drug-likeness (QED) is 0.440. The number of pyridine rings is 1. The first-order valence-corrected chi connectivity index (χ1v) is 8.17. The van der Waals surface area contributed by atoms with Crippen molar-refractivity contribution in [2.45, 2.75) is 6.04 Å². The van der Waals surface area contributed by atoms with Gasteiger partial charge < -0.3 is 21.7 Å². The number of carbonyl (C=O) groups excluding carboxylic acids is 1. The van der Waals surface area contributed by atoms with Crippen LogP contribution in [0, 0.1) is 22.8 Å². The lowest BCUT2D eigenvalue weighted by molar-refractivity contribution is 0.0827. The van der Waals surface area contributed by atoms with Crippen LogP contribution in [0.1, 0.15) is 33.1 Å². The highest BCUT2D eigenvalue weighted by molar-refractivity contribution is 5.99. The Kier molecular flexibility index (Phi) is 4.71. The topological polar surface area (TPSA) is 169 Å². The highest BCUT2D eigenvalue weighted by atomic mass is 16.2. The number of amides is 1. The molecule has 28 heavy (non-hydrogen) atoms. The highest BCUT2D eigenvalue weighted by Crippen LogP contribution is 2.40. The maximum atomic E-state index is 12.3. The summed E-state index contributed by atoms with van der Waals surface area (Å²) in [5.41, 5.74) is 13.8. The summed E-state index contributed by atoms with van der Waals surface area (Å²) in [6.07, 6.45) is 1.79. The maximum Gasteiger partial charge on any atom is 0.253 e. The van der Waals surface area contributed by atoms with Crippen LogP contribution in [0.25, 0.3) is 0 Å². The standard InChI is InChI=1S/C18H17N9O/c1-27(2)17(28)10-5-3-4-9(6-10)14-12-13(21)11(7-19)15(22)25-16(12)26-18(24-14)23-8-20/h3-6,14H,1-2H3,(H6,21,22,23,24,25,26). The molecule has 10 heteroatoms. The molecule has 3 rings (SSSR count). The minimum Gasteiger partial charge on any atom is -0.397 e. The van der Waals surface area contributed by atoms with Crippen molar-refractivity contribution in [1.29, 1.82) is 10.5 Å². The van der Waals surface area contributed by atoms with Gasteiger partial charge in [0, 0.05) is 25.2 Å². The van der Waals surface area contributed by atoms with Crippen LogP contribution in [0.3, 0.4) is 0 Å². The van der Waals surface area contributed by atoms with Gasteiger partial charge in [-0.2, -0.15) is 10.5 Å². The average Bonchev–Trinajstić information content (AvgIpc) is 2.67. The second kappa shape index (κ2) is 7.13. The van der Waals surface area contributed by atoms with Crippen LogP contribution in [0.15, 0.2) is 29.3 Å². The number of nitrogens with two attached hydrogens (primary N) is 2. The van der Waals surface area contributed by atoms with Crippen LogP contribution in [0.5, 0.6) is 0 Å². The number of benzene rings is 1. The summed E-state index contributed by atoms with van der Waals surface area (Å²) < 4.78 is 0. The number of nitrogens with zero attached hydrogens (tertiary/aromatic N) is 5. The first-order valence-electron chi connectivity index (χ1n) is 8.17. The summed E-state index contributed by atoms with van der Waals surface area (Å²) in [7, 11) is 3.32. The van der Waals surface area contributed by atoms with Crippen molar-refractivity contribution in [1.82, 2.24) is 15.2 Å². The molecule has 0 bridgehead atoms. The van der Waals surface area contributed by atoms with E-state index in [9.17, 15) is 10.1 Å². The van der Waals surface area contributed by atoms with Crippen LogP contribution in [0.2, 0.25) is 0 Å². The molecule has 1 unspecified atom stereocenters. The highest BCUT2D eigenvalue weighted by Gasteiger charge is 2.30. The molecule has 1 amide bonds. The summed E-state index contributed by atoms with van der Waals surface area (Å²) in [5.74, 6) is 0.243. The zero-order valence-electron chi connectivity index (χ0n) is 15.2. The fourth-order valence-electron chi connectivity index (χ4n) is 2.92. The normalized spacial score (nSPS) is 14.6. The maximum absolute atomic E-state index is 12.3. The van der Waals surface area contributed by atoms with E-state index >= 15 is 0 Å². The Bertz CT molecular complexity index is 1080. The van der Waals surface area contributed by atoms with Gasteiger partial charge in [0.05, 0.1) is 5.69 Å². The number of nitrogen functional groups attached to an aromatic ring is 2. The van der Waals surface area contributed by atoms with E-state index in [-0.39, 0.29) is 34.8 Å². The minimum atomic E-state index is -0.692. The third kappa shape index (κ3) is 3.10. The lowest BCUT2D eigenvalue weighted by Gasteiger charge is -2.26. The lowest BCUT2D eigenvalue weighted by Crippen LogP contribution is -2.32. The van der Waals surface area contributed by atoms with Crippen molar-refractivity contribution in [2.24, 2.45) is 4.99 Å². The molecule has 1 aliphatic heterocycles. The number of hydrogen-bond donors (Lipinski definition) is 4. The molecule has 2 heterocycles. The van der Waals surface area contributed by atoms with Gasteiger partial charge in [0.25, 0.3) is 5.91 Å². The SMILES string of the molecule is CN(C)C(=O)c1cccc(C2N=C(NC#N)Nc3nc(N)c(C#N)c(N)c32)c1. The Morgan fingerprint density at radius 1 is 1.32 bits per heavy atom. The van der Waals surface area contributed by atoms with Crippen LogP contribution < -0.4 is 22.1 Å². The van der Waals surface area contributed by atoms with Crippen molar-refractivity contribution < 1.29 is 4.79 Å². The monoisotopic (exact) mass is 375 g/mol. The van der Waals surface area contributed by atoms with E-state index in [1.165, 1.54) is 4.90 Å². The molecule has 0 spiro atoms. The molecule has 10 nitrogen and oxygen atoms in total. The van der Waals surface area contributed by atoms with E-state index in [0.29, 0.717) is 16.7 Å². The zero-order valence-corrected chi connectivity index (χ0v) is 15.2. The molecule has 1 aromatic heterocycles. The number of rotatable bonds is 2. The molecular formula is C18H17N9O. The van der Waals surface area contributed by atoms with Crippen molar-refractivity contribution >= 4 is 29.2 Å². The largest absolute Gasteiger partial charge is 0.397 e. The lowest BCUT2D eigenvalue weighted by atomic mass is 9.94. The Morgan fingerprint density at radius 2 is 2.07 bits per heavy atom. The van der Waals surface area contributed by atoms with Gasteiger partial charge in [0.1, 0.15) is 29.3 Å². The predicted molar refractivity (Wildman–Crippen MR) is 104 cm³/mol. The van der Waals surface area contributed by atoms with Crippen molar-refractivity contribution in [3.05, 3.63) is 46.5 Å². The van der Waals surface area contributed by atoms with E-state index in [4.69, 9.17) is 16.7 Å². The van der Waals surface area contributed by atoms with Crippen LogP contribution in [-0.2, 0) is 0 Å². The number of anilines is 3. The molecule has 0 aliphatic carbocycles. The average molecular weight is 375 g/mol. The molecule has 1 aliphatic rings. The number of nitriles is 2. The van der Waals surface area contributed by atoms with E-state index < -0.39 is 6.04 Å².